The molecule has 0 spiro atoms. The molecule has 0 radical (unpaired) electrons. The second-order valence-electron chi connectivity index (χ2n) is 3.75. The summed E-state index contributed by atoms with van der Waals surface area (Å²) in [6, 6.07) is -0.518. The number of likely N-dealkylation sites (N-methyl/N-ethyl adjacent to an activating group) is 2. The number of nitrogens with zero attached hydrogens (tertiary/aromatic N) is 1. The van der Waals surface area contributed by atoms with Crippen LogP contribution in [-0.4, -0.2) is 50.6 Å². The van der Waals surface area contributed by atoms with Gasteiger partial charge in [-0.2, -0.15) is 0 Å². The van der Waals surface area contributed by atoms with Crippen molar-refractivity contribution < 1.29 is 14.3 Å². The highest BCUT2D eigenvalue weighted by molar-refractivity contribution is 5.85. The summed E-state index contributed by atoms with van der Waals surface area (Å²) in [4.78, 5) is 24.5. The molecule has 0 aromatic carbocycles. The summed E-state index contributed by atoms with van der Waals surface area (Å²) in [5, 5.41) is 2.76. The summed E-state index contributed by atoms with van der Waals surface area (Å²) in [6.07, 6.45) is 0. The molecular formula is C10H20N2O3. The number of methoxy groups -OCH3 is 1. The Kier molecular flexibility index (Phi) is 5.93. The maximum absolute atomic E-state index is 11.6. The summed E-state index contributed by atoms with van der Waals surface area (Å²) in [5.74, 6) is -0.471. The molecule has 0 rings (SSSR count). The number of nitrogens with one attached hydrogen (secondary N) is 1. The summed E-state index contributed by atoms with van der Waals surface area (Å²) in [7, 11) is 4.63. The number of rotatable bonds is 5. The van der Waals surface area contributed by atoms with Crippen LogP contribution in [0.1, 0.15) is 13.8 Å². The van der Waals surface area contributed by atoms with Crippen LogP contribution in [0, 0.1) is 5.92 Å². The predicted octanol–water partition coefficient (Wildman–Crippen LogP) is -0.138. The van der Waals surface area contributed by atoms with Crippen molar-refractivity contribution in [3.05, 3.63) is 0 Å². The fourth-order valence-electron chi connectivity index (χ4n) is 1.43. The van der Waals surface area contributed by atoms with E-state index < -0.39 is 6.04 Å². The molecule has 1 amide bonds. The van der Waals surface area contributed by atoms with Crippen molar-refractivity contribution in [2.45, 2.75) is 19.9 Å². The quantitative estimate of drug-likeness (QED) is 0.650. The van der Waals surface area contributed by atoms with E-state index in [1.165, 1.54) is 12.0 Å². The second kappa shape index (κ2) is 6.40. The third kappa shape index (κ3) is 3.87. The fourth-order valence-corrected chi connectivity index (χ4v) is 1.43. The Morgan fingerprint density at radius 3 is 2.27 bits per heavy atom. The van der Waals surface area contributed by atoms with Crippen LogP contribution >= 0.6 is 0 Å². The van der Waals surface area contributed by atoms with E-state index in [0.29, 0.717) is 0 Å². The SMILES string of the molecule is CNCC(=O)N(C)[C@H](C(=O)OC)C(C)C. The molecule has 15 heavy (non-hydrogen) atoms. The Balaban J connectivity index is 4.62. The van der Waals surface area contributed by atoms with Crippen LogP contribution in [0.3, 0.4) is 0 Å². The largest absolute Gasteiger partial charge is 0.467 e. The van der Waals surface area contributed by atoms with E-state index >= 15 is 0 Å². The van der Waals surface area contributed by atoms with Gasteiger partial charge in [0.15, 0.2) is 0 Å². The van der Waals surface area contributed by atoms with Crippen molar-refractivity contribution >= 4 is 11.9 Å². The Bertz CT molecular complexity index is 229. The number of amides is 1. The van der Waals surface area contributed by atoms with Gasteiger partial charge < -0.3 is 15.0 Å². The molecule has 0 aliphatic rings. The van der Waals surface area contributed by atoms with Gasteiger partial charge in [-0.1, -0.05) is 13.8 Å². The van der Waals surface area contributed by atoms with Gasteiger partial charge in [0.25, 0.3) is 0 Å². The molecule has 0 aromatic heterocycles. The van der Waals surface area contributed by atoms with E-state index in [1.54, 1.807) is 14.1 Å². The molecule has 5 nitrogen and oxygen atoms in total. The Labute approximate surface area is 90.8 Å². The van der Waals surface area contributed by atoms with Crippen molar-refractivity contribution in [2.24, 2.45) is 5.92 Å². The van der Waals surface area contributed by atoms with Crippen molar-refractivity contribution in [1.82, 2.24) is 10.2 Å². The van der Waals surface area contributed by atoms with Gasteiger partial charge in [0.05, 0.1) is 13.7 Å². The van der Waals surface area contributed by atoms with Crippen molar-refractivity contribution in [3.8, 4) is 0 Å². The second-order valence-corrected chi connectivity index (χ2v) is 3.75. The molecule has 0 aromatic rings. The van der Waals surface area contributed by atoms with Gasteiger partial charge >= 0.3 is 5.97 Å². The first kappa shape index (κ1) is 13.9. The standard InChI is InChI=1S/C10H20N2O3/c1-7(2)9(10(14)15-5)12(4)8(13)6-11-3/h7,9,11H,6H2,1-5H3/t9-/m0/s1. The average Bonchev–Trinajstić information content (AvgIpc) is 2.17. The van der Waals surface area contributed by atoms with Crippen molar-refractivity contribution in [2.75, 3.05) is 27.7 Å². The van der Waals surface area contributed by atoms with Crippen LogP contribution in [0.15, 0.2) is 0 Å². The summed E-state index contributed by atoms with van der Waals surface area (Å²) in [6.45, 7) is 3.98. The average molecular weight is 216 g/mol. The minimum atomic E-state index is -0.518. The monoisotopic (exact) mass is 216 g/mol. The van der Waals surface area contributed by atoms with Gasteiger partial charge in [0.2, 0.25) is 5.91 Å². The van der Waals surface area contributed by atoms with E-state index in [9.17, 15) is 9.59 Å². The fraction of sp³-hybridized carbons (Fsp3) is 0.800. The number of hydrogen-bond acceptors (Lipinski definition) is 4. The molecule has 0 heterocycles. The lowest BCUT2D eigenvalue weighted by atomic mass is 10.0. The van der Waals surface area contributed by atoms with Crippen LogP contribution in [0.5, 0.6) is 0 Å². The summed E-state index contributed by atoms with van der Waals surface area (Å²) < 4.78 is 4.67. The van der Waals surface area contributed by atoms with E-state index in [0.717, 1.165) is 0 Å². The molecule has 0 aliphatic heterocycles. The molecule has 5 heteroatoms. The molecule has 0 saturated heterocycles. The van der Waals surface area contributed by atoms with E-state index in [4.69, 9.17) is 0 Å². The highest BCUT2D eigenvalue weighted by atomic mass is 16.5. The summed E-state index contributed by atoms with van der Waals surface area (Å²) in [5.41, 5.74) is 0. The molecule has 88 valence electrons. The Hall–Kier alpha value is -1.10. The number of ether oxygens (including phenoxy) is 1. The first-order valence-electron chi connectivity index (χ1n) is 4.93. The Morgan fingerprint density at radius 2 is 1.93 bits per heavy atom. The van der Waals surface area contributed by atoms with E-state index in [1.807, 2.05) is 13.8 Å². The van der Waals surface area contributed by atoms with Gasteiger partial charge in [0.1, 0.15) is 6.04 Å². The third-order valence-corrected chi connectivity index (χ3v) is 2.21. The number of carbonyl (C=O) groups is 2. The maximum Gasteiger partial charge on any atom is 0.328 e. The molecule has 0 aliphatic carbocycles. The predicted molar refractivity (Wildman–Crippen MR) is 57.3 cm³/mol. The normalized spacial score (nSPS) is 12.4. The minimum Gasteiger partial charge on any atom is -0.467 e. The zero-order valence-corrected chi connectivity index (χ0v) is 10.0. The molecule has 0 saturated carbocycles. The van der Waals surface area contributed by atoms with Crippen molar-refractivity contribution in [1.29, 1.82) is 0 Å². The number of hydrogen-bond donors (Lipinski definition) is 1. The lowest BCUT2D eigenvalue weighted by Gasteiger charge is -2.28. The lowest BCUT2D eigenvalue weighted by molar-refractivity contribution is -0.153. The minimum absolute atomic E-state index is 0.0308. The smallest absolute Gasteiger partial charge is 0.328 e. The van der Waals surface area contributed by atoms with Crippen LogP contribution < -0.4 is 5.32 Å². The van der Waals surface area contributed by atoms with Gasteiger partial charge in [-0.25, -0.2) is 4.79 Å². The van der Waals surface area contributed by atoms with Crippen LogP contribution in [0.4, 0.5) is 0 Å². The first-order chi connectivity index (χ1) is 6.95. The van der Waals surface area contributed by atoms with Gasteiger partial charge in [-0.05, 0) is 13.0 Å². The number of carbonyl (C=O) groups excluding carboxylic acids is 2. The molecule has 1 atom stereocenters. The van der Waals surface area contributed by atoms with E-state index in [-0.39, 0.29) is 24.3 Å². The molecule has 0 bridgehead atoms. The zero-order valence-electron chi connectivity index (χ0n) is 10.0. The molecular weight excluding hydrogens is 196 g/mol. The molecule has 0 unspecified atom stereocenters. The maximum atomic E-state index is 11.6. The first-order valence-corrected chi connectivity index (χ1v) is 4.93. The number of esters is 1. The zero-order chi connectivity index (χ0) is 12.0. The van der Waals surface area contributed by atoms with Crippen molar-refractivity contribution in [3.63, 3.8) is 0 Å². The lowest BCUT2D eigenvalue weighted by Crippen LogP contribution is -2.48. The molecule has 1 N–H and O–H groups in total. The van der Waals surface area contributed by atoms with Crippen LogP contribution in [-0.2, 0) is 14.3 Å². The third-order valence-electron chi connectivity index (χ3n) is 2.21. The highest BCUT2D eigenvalue weighted by Crippen LogP contribution is 2.10. The van der Waals surface area contributed by atoms with E-state index in [2.05, 4.69) is 10.1 Å². The highest BCUT2D eigenvalue weighted by Gasteiger charge is 2.29. The van der Waals surface area contributed by atoms with Crippen LogP contribution in [0.25, 0.3) is 0 Å². The van der Waals surface area contributed by atoms with Gasteiger partial charge in [0, 0.05) is 7.05 Å². The Morgan fingerprint density at radius 1 is 1.40 bits per heavy atom. The van der Waals surface area contributed by atoms with Gasteiger partial charge in [-0.15, -0.1) is 0 Å². The topological polar surface area (TPSA) is 58.6 Å². The van der Waals surface area contributed by atoms with Crippen LogP contribution in [0.2, 0.25) is 0 Å². The van der Waals surface area contributed by atoms with Gasteiger partial charge in [-0.3, -0.25) is 4.79 Å². The molecule has 0 fully saturated rings. The summed E-state index contributed by atoms with van der Waals surface area (Å²) >= 11 is 0.